The van der Waals surface area contributed by atoms with Crippen molar-refractivity contribution in [1.82, 2.24) is 24.1 Å². The molecule has 37 heavy (non-hydrogen) atoms. The number of hydrogen-bond donors (Lipinski definition) is 0. The Hall–Kier alpha value is -3.21. The zero-order valence-electron chi connectivity index (χ0n) is 21.0. The molecule has 3 heterocycles. The first kappa shape index (κ1) is 25.4. The Labute approximate surface area is 221 Å². The highest BCUT2D eigenvalue weighted by atomic mass is 35.5. The van der Waals surface area contributed by atoms with Crippen LogP contribution in [-0.2, 0) is 10.0 Å². The van der Waals surface area contributed by atoms with Crippen LogP contribution in [0.25, 0.3) is 16.7 Å². The molecule has 194 valence electrons. The number of hydrogen-bond acceptors (Lipinski definition) is 7. The van der Waals surface area contributed by atoms with Gasteiger partial charge < -0.3 is 9.64 Å². The molecule has 0 bridgehead atoms. The van der Waals surface area contributed by atoms with E-state index in [1.165, 1.54) is 4.31 Å². The van der Waals surface area contributed by atoms with E-state index in [0.717, 1.165) is 29.1 Å². The number of fused-ring (bicyclic) bond motifs is 1. The largest absolute Gasteiger partial charge is 0.497 e. The van der Waals surface area contributed by atoms with Crippen LogP contribution in [-0.4, -0.2) is 65.8 Å². The van der Waals surface area contributed by atoms with Gasteiger partial charge in [-0.2, -0.15) is 9.40 Å². The molecule has 0 saturated carbocycles. The van der Waals surface area contributed by atoms with Crippen LogP contribution in [0.2, 0.25) is 5.02 Å². The van der Waals surface area contributed by atoms with E-state index in [1.54, 1.807) is 42.3 Å². The lowest BCUT2D eigenvalue weighted by Crippen LogP contribution is -2.49. The smallest absolute Gasteiger partial charge is 0.243 e. The predicted molar refractivity (Wildman–Crippen MR) is 144 cm³/mol. The third-order valence-corrected chi connectivity index (χ3v) is 9.03. The van der Waals surface area contributed by atoms with Crippen LogP contribution >= 0.6 is 11.6 Å². The van der Waals surface area contributed by atoms with E-state index in [4.69, 9.17) is 26.3 Å². The Morgan fingerprint density at radius 2 is 1.73 bits per heavy atom. The van der Waals surface area contributed by atoms with Gasteiger partial charge in [-0.25, -0.2) is 23.1 Å². The number of nitrogens with zero attached hydrogens (tertiary/aromatic N) is 6. The molecule has 1 fully saturated rings. The zero-order chi connectivity index (χ0) is 26.2. The Kier molecular flexibility index (Phi) is 7.06. The van der Waals surface area contributed by atoms with E-state index in [1.807, 2.05) is 24.3 Å². The van der Waals surface area contributed by atoms with E-state index in [0.29, 0.717) is 42.6 Å². The van der Waals surface area contributed by atoms with Crippen molar-refractivity contribution in [2.75, 3.05) is 38.2 Å². The van der Waals surface area contributed by atoms with Gasteiger partial charge in [0.25, 0.3) is 0 Å². The summed E-state index contributed by atoms with van der Waals surface area (Å²) in [6.07, 6.45) is 2.65. The molecule has 1 aliphatic rings. The van der Waals surface area contributed by atoms with Crippen LogP contribution in [0.3, 0.4) is 0 Å². The van der Waals surface area contributed by atoms with E-state index in [-0.39, 0.29) is 10.8 Å². The number of halogens is 1. The van der Waals surface area contributed by atoms with Gasteiger partial charge in [0.05, 0.1) is 34.3 Å². The molecule has 0 N–H and O–H groups in total. The molecule has 0 spiro atoms. The van der Waals surface area contributed by atoms with Gasteiger partial charge in [0.15, 0.2) is 5.65 Å². The van der Waals surface area contributed by atoms with E-state index in [9.17, 15) is 8.42 Å². The van der Waals surface area contributed by atoms with Crippen molar-refractivity contribution >= 4 is 38.5 Å². The van der Waals surface area contributed by atoms with Crippen molar-refractivity contribution in [3.05, 3.63) is 65.6 Å². The quantitative estimate of drug-likeness (QED) is 0.340. The monoisotopic (exact) mass is 540 g/mol. The van der Waals surface area contributed by atoms with Gasteiger partial charge in [-0.1, -0.05) is 37.6 Å². The molecule has 11 heteroatoms. The summed E-state index contributed by atoms with van der Waals surface area (Å²) in [5.74, 6) is 2.26. The topological polar surface area (TPSA) is 93.5 Å². The van der Waals surface area contributed by atoms with E-state index in [2.05, 4.69) is 23.8 Å². The maximum Gasteiger partial charge on any atom is 0.243 e. The molecule has 1 unspecified atom stereocenters. The molecule has 1 saturated heterocycles. The SMILES string of the molecule is CCC(C)c1nc(N2CCN(S(=O)(=O)c3ccc(OC)cc3)CC2)c2cnn(-c3ccccc3Cl)c2n1. The first-order valence-corrected chi connectivity index (χ1v) is 14.0. The lowest BCUT2D eigenvalue weighted by molar-refractivity contribution is 0.383. The molecule has 0 amide bonds. The van der Waals surface area contributed by atoms with Crippen LogP contribution in [0.5, 0.6) is 5.75 Å². The number of aromatic nitrogens is 4. The molecule has 2 aromatic carbocycles. The molecule has 4 aromatic rings. The Bertz CT molecular complexity index is 1520. The summed E-state index contributed by atoms with van der Waals surface area (Å²) in [6.45, 7) is 5.89. The Morgan fingerprint density at radius 3 is 2.38 bits per heavy atom. The molecule has 2 aromatic heterocycles. The number of methoxy groups -OCH3 is 1. The number of sulfonamides is 1. The molecule has 0 aliphatic carbocycles. The molecule has 5 rings (SSSR count). The summed E-state index contributed by atoms with van der Waals surface area (Å²) in [7, 11) is -2.06. The van der Waals surface area contributed by atoms with Crippen molar-refractivity contribution in [2.45, 2.75) is 31.1 Å². The summed E-state index contributed by atoms with van der Waals surface area (Å²) in [5, 5.41) is 5.99. The fraction of sp³-hybridized carbons (Fsp3) is 0.346. The molecule has 1 aliphatic heterocycles. The van der Waals surface area contributed by atoms with Crippen LogP contribution in [0.15, 0.2) is 59.6 Å². The average Bonchev–Trinajstić information content (AvgIpc) is 3.36. The second kappa shape index (κ2) is 10.3. The minimum absolute atomic E-state index is 0.148. The van der Waals surface area contributed by atoms with Gasteiger partial charge in [-0.05, 0) is 42.8 Å². The zero-order valence-corrected chi connectivity index (χ0v) is 22.6. The summed E-state index contributed by atoms with van der Waals surface area (Å²) >= 11 is 6.48. The highest BCUT2D eigenvalue weighted by molar-refractivity contribution is 7.89. The standard InChI is InChI=1S/C26H29ClN6O3S/c1-4-18(2)24-29-25(21-17-28-33(26(21)30-24)23-8-6-5-7-22(23)27)31-13-15-32(16-14-31)37(34,35)20-11-9-19(36-3)10-12-20/h5-12,17-18H,4,13-16H2,1-3H3. The van der Waals surface area contributed by atoms with Crippen molar-refractivity contribution in [2.24, 2.45) is 0 Å². The predicted octanol–water partition coefficient (Wildman–Crippen LogP) is 4.50. The lowest BCUT2D eigenvalue weighted by Gasteiger charge is -2.35. The lowest BCUT2D eigenvalue weighted by atomic mass is 10.1. The maximum atomic E-state index is 13.2. The fourth-order valence-corrected chi connectivity index (χ4v) is 6.03. The normalized spacial score (nSPS) is 15.7. The number of ether oxygens (including phenoxy) is 1. The third-order valence-electron chi connectivity index (χ3n) is 6.79. The number of para-hydroxylation sites is 1. The van der Waals surface area contributed by atoms with E-state index < -0.39 is 10.0 Å². The van der Waals surface area contributed by atoms with Gasteiger partial charge in [0, 0.05) is 32.1 Å². The van der Waals surface area contributed by atoms with Crippen molar-refractivity contribution in [3.63, 3.8) is 0 Å². The Balaban J connectivity index is 1.47. The molecule has 0 radical (unpaired) electrons. The second-order valence-corrected chi connectivity index (χ2v) is 11.4. The van der Waals surface area contributed by atoms with Crippen molar-refractivity contribution in [3.8, 4) is 11.4 Å². The van der Waals surface area contributed by atoms with Gasteiger partial charge in [-0.15, -0.1) is 0 Å². The average molecular weight is 541 g/mol. The van der Waals surface area contributed by atoms with Crippen LogP contribution in [0.1, 0.15) is 32.0 Å². The van der Waals surface area contributed by atoms with Crippen LogP contribution < -0.4 is 9.64 Å². The van der Waals surface area contributed by atoms with Crippen molar-refractivity contribution in [1.29, 1.82) is 0 Å². The second-order valence-electron chi connectivity index (χ2n) is 9.03. The Morgan fingerprint density at radius 1 is 1.03 bits per heavy atom. The number of rotatable bonds is 7. The third kappa shape index (κ3) is 4.76. The number of benzene rings is 2. The van der Waals surface area contributed by atoms with Crippen molar-refractivity contribution < 1.29 is 13.2 Å². The summed E-state index contributed by atoms with van der Waals surface area (Å²) < 4.78 is 34.9. The minimum atomic E-state index is -3.61. The van der Waals surface area contributed by atoms with Gasteiger partial charge in [0.2, 0.25) is 10.0 Å². The molecule has 1 atom stereocenters. The maximum absolute atomic E-state index is 13.2. The number of anilines is 1. The molecular weight excluding hydrogens is 512 g/mol. The summed E-state index contributed by atoms with van der Waals surface area (Å²) in [6, 6.07) is 14.0. The van der Waals surface area contributed by atoms with Gasteiger partial charge in [-0.3, -0.25) is 0 Å². The fourth-order valence-electron chi connectivity index (χ4n) is 4.39. The highest BCUT2D eigenvalue weighted by Gasteiger charge is 2.30. The highest BCUT2D eigenvalue weighted by Crippen LogP contribution is 2.31. The number of piperazine rings is 1. The van der Waals surface area contributed by atoms with Crippen LogP contribution in [0, 0.1) is 0 Å². The first-order chi connectivity index (χ1) is 17.8. The van der Waals surface area contributed by atoms with Gasteiger partial charge >= 0.3 is 0 Å². The first-order valence-electron chi connectivity index (χ1n) is 12.2. The molecule has 9 nitrogen and oxygen atoms in total. The molecular formula is C26H29ClN6O3S. The van der Waals surface area contributed by atoms with E-state index >= 15 is 0 Å². The van der Waals surface area contributed by atoms with Gasteiger partial charge in [0.1, 0.15) is 17.4 Å². The minimum Gasteiger partial charge on any atom is -0.497 e. The van der Waals surface area contributed by atoms with Crippen LogP contribution in [0.4, 0.5) is 5.82 Å². The summed E-state index contributed by atoms with van der Waals surface area (Å²) in [4.78, 5) is 12.2. The summed E-state index contributed by atoms with van der Waals surface area (Å²) in [5.41, 5.74) is 1.43.